The Bertz CT molecular complexity index is 176. The van der Waals surface area contributed by atoms with Crippen LogP contribution in [0.5, 0.6) is 0 Å². The van der Waals surface area contributed by atoms with Gasteiger partial charge in [0.25, 0.3) is 0 Å². The number of ether oxygens (including phenoxy) is 1. The number of esters is 1. The molecule has 0 spiro atoms. The summed E-state index contributed by atoms with van der Waals surface area (Å²) >= 11 is 2.32. The second-order valence-electron chi connectivity index (χ2n) is 4.22. The molecule has 0 saturated heterocycles. The maximum atomic E-state index is 11.6. The van der Waals surface area contributed by atoms with Crippen molar-refractivity contribution in [2.24, 2.45) is 11.8 Å². The SMILES string of the molecule is CC(CI)COC(=O)C1CCCCC1. The summed E-state index contributed by atoms with van der Waals surface area (Å²) in [6, 6.07) is 0. The van der Waals surface area contributed by atoms with Gasteiger partial charge in [-0.1, -0.05) is 48.8 Å². The third-order valence-corrected chi connectivity index (χ3v) is 4.22. The molecule has 14 heavy (non-hydrogen) atoms. The molecule has 1 saturated carbocycles. The molecule has 0 radical (unpaired) electrons. The topological polar surface area (TPSA) is 26.3 Å². The molecular formula is C11H19IO2. The molecule has 0 aromatic rings. The summed E-state index contributed by atoms with van der Waals surface area (Å²) in [5.41, 5.74) is 0. The van der Waals surface area contributed by atoms with Crippen molar-refractivity contribution in [2.75, 3.05) is 11.0 Å². The Morgan fingerprint density at radius 1 is 1.43 bits per heavy atom. The van der Waals surface area contributed by atoms with Crippen molar-refractivity contribution in [1.29, 1.82) is 0 Å². The van der Waals surface area contributed by atoms with E-state index in [1.54, 1.807) is 0 Å². The van der Waals surface area contributed by atoms with Gasteiger partial charge in [-0.3, -0.25) is 4.79 Å². The van der Waals surface area contributed by atoms with Gasteiger partial charge in [0.2, 0.25) is 0 Å². The second-order valence-corrected chi connectivity index (χ2v) is 5.11. The molecular weight excluding hydrogens is 291 g/mol. The molecule has 0 amide bonds. The molecule has 0 bridgehead atoms. The van der Waals surface area contributed by atoms with Crippen molar-refractivity contribution in [1.82, 2.24) is 0 Å². The van der Waals surface area contributed by atoms with Crippen molar-refractivity contribution in [3.05, 3.63) is 0 Å². The molecule has 3 heteroatoms. The number of carbonyl (C=O) groups excluding carboxylic acids is 1. The third kappa shape index (κ3) is 4.15. The Kier molecular flexibility index (Phi) is 5.82. The lowest BCUT2D eigenvalue weighted by molar-refractivity contribution is -0.150. The molecule has 0 aliphatic heterocycles. The van der Waals surface area contributed by atoms with Crippen LogP contribution in [0.4, 0.5) is 0 Å². The minimum absolute atomic E-state index is 0.0430. The van der Waals surface area contributed by atoms with Crippen LogP contribution in [0.25, 0.3) is 0 Å². The van der Waals surface area contributed by atoms with E-state index in [1.165, 1.54) is 19.3 Å². The van der Waals surface area contributed by atoms with Crippen LogP contribution in [0.3, 0.4) is 0 Å². The van der Waals surface area contributed by atoms with E-state index in [-0.39, 0.29) is 11.9 Å². The van der Waals surface area contributed by atoms with Crippen LogP contribution in [0, 0.1) is 11.8 Å². The van der Waals surface area contributed by atoms with Gasteiger partial charge in [0, 0.05) is 4.43 Å². The number of hydrogen-bond acceptors (Lipinski definition) is 2. The molecule has 0 aromatic carbocycles. The molecule has 1 aliphatic carbocycles. The van der Waals surface area contributed by atoms with Crippen molar-refractivity contribution in [3.63, 3.8) is 0 Å². The van der Waals surface area contributed by atoms with Crippen molar-refractivity contribution in [3.8, 4) is 0 Å². The first-order chi connectivity index (χ1) is 6.74. The van der Waals surface area contributed by atoms with Gasteiger partial charge < -0.3 is 4.74 Å². The Morgan fingerprint density at radius 3 is 2.64 bits per heavy atom. The highest BCUT2D eigenvalue weighted by Crippen LogP contribution is 2.24. The molecule has 1 fully saturated rings. The molecule has 1 rings (SSSR count). The Morgan fingerprint density at radius 2 is 2.07 bits per heavy atom. The van der Waals surface area contributed by atoms with Gasteiger partial charge in [-0.15, -0.1) is 0 Å². The first-order valence-corrected chi connectivity index (χ1v) is 6.99. The molecule has 0 aromatic heterocycles. The first-order valence-electron chi connectivity index (χ1n) is 5.46. The predicted octanol–water partition coefficient (Wildman–Crippen LogP) is 3.18. The maximum absolute atomic E-state index is 11.6. The van der Waals surface area contributed by atoms with E-state index >= 15 is 0 Å². The molecule has 2 nitrogen and oxygen atoms in total. The average Bonchev–Trinajstić information content (AvgIpc) is 2.26. The van der Waals surface area contributed by atoms with Crippen LogP contribution < -0.4 is 0 Å². The zero-order chi connectivity index (χ0) is 10.4. The lowest BCUT2D eigenvalue weighted by atomic mass is 9.89. The van der Waals surface area contributed by atoms with Crippen LogP contribution in [0.15, 0.2) is 0 Å². The van der Waals surface area contributed by atoms with Crippen molar-refractivity contribution >= 4 is 28.6 Å². The number of alkyl halides is 1. The first kappa shape index (κ1) is 12.3. The minimum Gasteiger partial charge on any atom is -0.465 e. The third-order valence-electron chi connectivity index (χ3n) is 2.71. The summed E-state index contributed by atoms with van der Waals surface area (Å²) in [5.74, 6) is 0.731. The van der Waals surface area contributed by atoms with Gasteiger partial charge in [-0.2, -0.15) is 0 Å². The highest BCUT2D eigenvalue weighted by molar-refractivity contribution is 14.1. The quantitative estimate of drug-likeness (QED) is 0.453. The summed E-state index contributed by atoms with van der Waals surface area (Å²) in [5, 5.41) is 0. The fourth-order valence-electron chi connectivity index (χ4n) is 1.73. The average molecular weight is 310 g/mol. The smallest absolute Gasteiger partial charge is 0.308 e. The molecule has 1 unspecified atom stereocenters. The Balaban J connectivity index is 2.19. The van der Waals surface area contributed by atoms with Crippen molar-refractivity contribution < 1.29 is 9.53 Å². The second kappa shape index (κ2) is 6.64. The van der Waals surface area contributed by atoms with Crippen LogP contribution in [-0.4, -0.2) is 17.0 Å². The van der Waals surface area contributed by atoms with E-state index in [0.29, 0.717) is 12.5 Å². The van der Waals surface area contributed by atoms with Crippen LogP contribution >= 0.6 is 22.6 Å². The van der Waals surface area contributed by atoms with E-state index in [0.717, 1.165) is 17.3 Å². The number of hydrogen-bond donors (Lipinski definition) is 0. The summed E-state index contributed by atoms with van der Waals surface area (Å²) in [4.78, 5) is 11.6. The predicted molar refractivity (Wildman–Crippen MR) is 65.6 cm³/mol. The number of halogens is 1. The van der Waals surface area contributed by atoms with Gasteiger partial charge >= 0.3 is 5.97 Å². The van der Waals surface area contributed by atoms with E-state index < -0.39 is 0 Å². The normalized spacial score (nSPS) is 20.4. The standard InChI is InChI=1S/C11H19IO2/c1-9(7-12)8-14-11(13)10-5-3-2-4-6-10/h9-10H,2-8H2,1H3. The largest absolute Gasteiger partial charge is 0.465 e. The van der Waals surface area contributed by atoms with E-state index in [1.807, 2.05) is 0 Å². The summed E-state index contributed by atoms with van der Waals surface area (Å²) in [7, 11) is 0. The van der Waals surface area contributed by atoms with E-state index in [2.05, 4.69) is 29.5 Å². The van der Waals surface area contributed by atoms with Gasteiger partial charge in [-0.25, -0.2) is 0 Å². The Hall–Kier alpha value is 0.200. The monoisotopic (exact) mass is 310 g/mol. The van der Waals surface area contributed by atoms with Crippen LogP contribution in [-0.2, 0) is 9.53 Å². The highest BCUT2D eigenvalue weighted by atomic mass is 127. The molecule has 0 N–H and O–H groups in total. The maximum Gasteiger partial charge on any atom is 0.308 e. The molecule has 1 atom stereocenters. The lowest BCUT2D eigenvalue weighted by Gasteiger charge is -2.20. The fourth-order valence-corrected chi connectivity index (χ4v) is 1.98. The van der Waals surface area contributed by atoms with Crippen LogP contribution in [0.1, 0.15) is 39.0 Å². The van der Waals surface area contributed by atoms with Crippen LogP contribution in [0.2, 0.25) is 0 Å². The van der Waals surface area contributed by atoms with Gasteiger partial charge in [0.05, 0.1) is 12.5 Å². The molecule has 82 valence electrons. The number of carbonyl (C=O) groups is 1. The summed E-state index contributed by atoms with van der Waals surface area (Å²) in [6.07, 6.45) is 5.76. The number of rotatable bonds is 4. The van der Waals surface area contributed by atoms with Gasteiger partial charge in [0.15, 0.2) is 0 Å². The van der Waals surface area contributed by atoms with Gasteiger partial charge in [-0.05, 0) is 18.8 Å². The van der Waals surface area contributed by atoms with Gasteiger partial charge in [0.1, 0.15) is 0 Å². The van der Waals surface area contributed by atoms with E-state index in [9.17, 15) is 4.79 Å². The lowest BCUT2D eigenvalue weighted by Crippen LogP contribution is -2.22. The Labute approximate surface area is 99.9 Å². The highest BCUT2D eigenvalue weighted by Gasteiger charge is 2.22. The van der Waals surface area contributed by atoms with Crippen molar-refractivity contribution in [2.45, 2.75) is 39.0 Å². The molecule has 0 heterocycles. The zero-order valence-electron chi connectivity index (χ0n) is 8.80. The zero-order valence-corrected chi connectivity index (χ0v) is 11.0. The minimum atomic E-state index is 0.0430. The fraction of sp³-hybridized carbons (Fsp3) is 0.909. The summed E-state index contributed by atoms with van der Waals surface area (Å²) in [6.45, 7) is 2.71. The molecule has 1 aliphatic rings. The summed E-state index contributed by atoms with van der Waals surface area (Å²) < 4.78 is 6.34. The van der Waals surface area contributed by atoms with E-state index in [4.69, 9.17) is 4.74 Å².